The molecule has 2 heterocycles. The van der Waals surface area contributed by atoms with E-state index in [2.05, 4.69) is 32.0 Å². The number of rotatable bonds is 1. The Kier molecular flexibility index (Phi) is 1.95. The lowest BCUT2D eigenvalue weighted by atomic mass is 10.3. The number of hydrogen-bond acceptors (Lipinski definition) is 4. The topological polar surface area (TPSA) is 48.1 Å². The molecule has 0 aromatic carbocycles. The van der Waals surface area contributed by atoms with Gasteiger partial charge in [0.2, 0.25) is 5.95 Å². The minimum absolute atomic E-state index is 0.892. The van der Waals surface area contributed by atoms with E-state index in [1.807, 2.05) is 0 Å². The van der Waals surface area contributed by atoms with E-state index in [1.54, 1.807) is 6.33 Å². The molecule has 1 fully saturated rings. The van der Waals surface area contributed by atoms with Gasteiger partial charge in [0.1, 0.15) is 6.33 Å². The molecule has 0 aliphatic carbocycles. The van der Waals surface area contributed by atoms with Gasteiger partial charge in [-0.25, -0.2) is 5.10 Å². The number of piperazine rings is 1. The van der Waals surface area contributed by atoms with Crippen LogP contribution in [0, 0.1) is 0 Å². The van der Waals surface area contributed by atoms with Gasteiger partial charge in [-0.3, -0.25) is 0 Å². The van der Waals surface area contributed by atoms with Gasteiger partial charge < -0.3 is 9.80 Å². The number of nitrogens with zero attached hydrogens (tertiary/aromatic N) is 4. The van der Waals surface area contributed by atoms with Crippen LogP contribution < -0.4 is 4.90 Å². The molecule has 66 valence electrons. The maximum atomic E-state index is 4.11. The zero-order chi connectivity index (χ0) is 8.39. The lowest BCUT2D eigenvalue weighted by molar-refractivity contribution is 0.311. The number of hydrogen-bond donors (Lipinski definition) is 1. The van der Waals surface area contributed by atoms with Crippen molar-refractivity contribution in [2.24, 2.45) is 0 Å². The summed E-state index contributed by atoms with van der Waals surface area (Å²) in [6, 6.07) is 0. The highest BCUT2D eigenvalue weighted by molar-refractivity contribution is 5.27. The Hall–Kier alpha value is -1.10. The van der Waals surface area contributed by atoms with Crippen molar-refractivity contribution in [1.29, 1.82) is 0 Å². The zero-order valence-electron chi connectivity index (χ0n) is 7.19. The molecule has 2 rings (SSSR count). The van der Waals surface area contributed by atoms with E-state index in [-0.39, 0.29) is 0 Å². The predicted octanol–water partition coefficient (Wildman–Crippen LogP) is -0.444. The van der Waals surface area contributed by atoms with Crippen molar-refractivity contribution in [2.75, 3.05) is 38.1 Å². The lowest BCUT2D eigenvalue weighted by Gasteiger charge is -2.31. The van der Waals surface area contributed by atoms with Crippen molar-refractivity contribution >= 4 is 5.95 Å². The molecule has 0 radical (unpaired) electrons. The minimum Gasteiger partial charge on any atom is -0.339 e. The zero-order valence-corrected chi connectivity index (χ0v) is 7.19. The van der Waals surface area contributed by atoms with Crippen LogP contribution in [-0.4, -0.2) is 53.3 Å². The highest BCUT2D eigenvalue weighted by Gasteiger charge is 2.15. The fourth-order valence-corrected chi connectivity index (χ4v) is 1.37. The van der Waals surface area contributed by atoms with E-state index in [1.165, 1.54) is 0 Å². The van der Waals surface area contributed by atoms with Gasteiger partial charge in [0.25, 0.3) is 0 Å². The summed E-state index contributed by atoms with van der Waals surface area (Å²) in [5, 5.41) is 6.69. The normalized spacial score (nSPS) is 19.9. The fourth-order valence-electron chi connectivity index (χ4n) is 1.37. The molecule has 1 aliphatic rings. The van der Waals surface area contributed by atoms with Gasteiger partial charge in [-0.15, -0.1) is 0 Å². The Morgan fingerprint density at radius 3 is 2.67 bits per heavy atom. The molecule has 1 saturated heterocycles. The van der Waals surface area contributed by atoms with Gasteiger partial charge in [0.15, 0.2) is 0 Å². The molecular weight excluding hydrogens is 154 g/mol. The van der Waals surface area contributed by atoms with E-state index in [9.17, 15) is 0 Å². The Morgan fingerprint density at radius 2 is 2.08 bits per heavy atom. The van der Waals surface area contributed by atoms with Gasteiger partial charge in [0.05, 0.1) is 0 Å². The molecule has 0 spiro atoms. The average Bonchev–Trinajstić information content (AvgIpc) is 2.58. The van der Waals surface area contributed by atoms with Gasteiger partial charge in [-0.1, -0.05) is 0 Å². The van der Waals surface area contributed by atoms with Crippen LogP contribution in [0.15, 0.2) is 6.33 Å². The molecule has 5 heteroatoms. The SMILES string of the molecule is CN1CCN(c2ncn[nH]2)CC1. The molecule has 1 aromatic heterocycles. The van der Waals surface area contributed by atoms with E-state index in [0.717, 1.165) is 32.1 Å². The van der Waals surface area contributed by atoms with E-state index < -0.39 is 0 Å². The maximum absolute atomic E-state index is 4.11. The lowest BCUT2D eigenvalue weighted by Crippen LogP contribution is -2.44. The van der Waals surface area contributed by atoms with E-state index in [4.69, 9.17) is 0 Å². The first-order valence-corrected chi connectivity index (χ1v) is 4.15. The highest BCUT2D eigenvalue weighted by atomic mass is 15.4. The Balaban J connectivity index is 1.99. The first-order chi connectivity index (χ1) is 5.86. The quantitative estimate of drug-likeness (QED) is 0.616. The van der Waals surface area contributed by atoms with Crippen molar-refractivity contribution in [2.45, 2.75) is 0 Å². The average molecular weight is 167 g/mol. The number of H-pyrrole nitrogens is 1. The fraction of sp³-hybridized carbons (Fsp3) is 0.714. The molecule has 1 aliphatic heterocycles. The Labute approximate surface area is 71.4 Å². The second-order valence-corrected chi connectivity index (χ2v) is 3.10. The largest absolute Gasteiger partial charge is 0.339 e. The minimum atomic E-state index is 0.892. The van der Waals surface area contributed by atoms with Crippen molar-refractivity contribution in [3.8, 4) is 0 Å². The summed E-state index contributed by atoms with van der Waals surface area (Å²) in [5.74, 6) is 0.892. The molecule has 5 nitrogen and oxygen atoms in total. The molecule has 0 bridgehead atoms. The summed E-state index contributed by atoms with van der Waals surface area (Å²) in [6.07, 6.45) is 1.55. The third-order valence-corrected chi connectivity index (χ3v) is 2.21. The third kappa shape index (κ3) is 1.40. The molecular formula is C7H13N5. The summed E-state index contributed by atoms with van der Waals surface area (Å²) in [7, 11) is 2.14. The standard InChI is InChI=1S/C7H13N5/c1-11-2-4-12(5-3-11)7-8-6-9-10-7/h6H,2-5H2,1H3,(H,8,9,10). The van der Waals surface area contributed by atoms with Gasteiger partial charge >= 0.3 is 0 Å². The second-order valence-electron chi connectivity index (χ2n) is 3.10. The summed E-state index contributed by atoms with van der Waals surface area (Å²) in [6.45, 7) is 4.26. The predicted molar refractivity (Wildman–Crippen MR) is 46.1 cm³/mol. The summed E-state index contributed by atoms with van der Waals surface area (Å²) in [5.41, 5.74) is 0. The van der Waals surface area contributed by atoms with Crippen LogP contribution in [0.2, 0.25) is 0 Å². The first-order valence-electron chi connectivity index (χ1n) is 4.15. The van der Waals surface area contributed by atoms with Crippen LogP contribution in [0.5, 0.6) is 0 Å². The molecule has 0 saturated carbocycles. The number of aromatic amines is 1. The number of nitrogens with one attached hydrogen (secondary N) is 1. The number of aromatic nitrogens is 3. The van der Waals surface area contributed by atoms with Crippen LogP contribution in [0.1, 0.15) is 0 Å². The Morgan fingerprint density at radius 1 is 1.33 bits per heavy atom. The van der Waals surface area contributed by atoms with Gasteiger partial charge in [0, 0.05) is 26.2 Å². The monoisotopic (exact) mass is 167 g/mol. The molecule has 0 amide bonds. The molecule has 0 unspecified atom stereocenters. The van der Waals surface area contributed by atoms with Crippen molar-refractivity contribution in [1.82, 2.24) is 20.1 Å². The first kappa shape index (κ1) is 7.54. The van der Waals surface area contributed by atoms with Crippen molar-refractivity contribution in [3.05, 3.63) is 6.33 Å². The van der Waals surface area contributed by atoms with Gasteiger partial charge in [-0.05, 0) is 7.05 Å². The smallest absolute Gasteiger partial charge is 0.221 e. The summed E-state index contributed by atoms with van der Waals surface area (Å²) < 4.78 is 0. The second kappa shape index (κ2) is 3.10. The third-order valence-electron chi connectivity index (χ3n) is 2.21. The van der Waals surface area contributed by atoms with E-state index in [0.29, 0.717) is 0 Å². The molecule has 12 heavy (non-hydrogen) atoms. The summed E-state index contributed by atoms with van der Waals surface area (Å²) in [4.78, 5) is 8.63. The van der Waals surface area contributed by atoms with Crippen LogP contribution in [0.3, 0.4) is 0 Å². The van der Waals surface area contributed by atoms with Crippen LogP contribution >= 0.6 is 0 Å². The molecule has 0 atom stereocenters. The van der Waals surface area contributed by atoms with Crippen molar-refractivity contribution < 1.29 is 0 Å². The van der Waals surface area contributed by atoms with Crippen LogP contribution in [0.4, 0.5) is 5.95 Å². The molecule has 1 N–H and O–H groups in total. The highest BCUT2D eigenvalue weighted by Crippen LogP contribution is 2.07. The number of anilines is 1. The number of likely N-dealkylation sites (N-methyl/N-ethyl adjacent to an activating group) is 1. The van der Waals surface area contributed by atoms with Gasteiger partial charge in [-0.2, -0.15) is 10.1 Å². The molecule has 1 aromatic rings. The summed E-state index contributed by atoms with van der Waals surface area (Å²) >= 11 is 0. The maximum Gasteiger partial charge on any atom is 0.221 e. The van der Waals surface area contributed by atoms with Crippen LogP contribution in [-0.2, 0) is 0 Å². The van der Waals surface area contributed by atoms with E-state index >= 15 is 0 Å². The van der Waals surface area contributed by atoms with Crippen LogP contribution in [0.25, 0.3) is 0 Å². The Bertz CT molecular complexity index is 224. The van der Waals surface area contributed by atoms with Crippen molar-refractivity contribution in [3.63, 3.8) is 0 Å².